The van der Waals surface area contributed by atoms with Gasteiger partial charge >= 0.3 is 0 Å². The first kappa shape index (κ1) is 20.9. The molecule has 29 heavy (non-hydrogen) atoms. The lowest BCUT2D eigenvalue weighted by molar-refractivity contribution is 0.476. The van der Waals surface area contributed by atoms with E-state index in [0.29, 0.717) is 36.0 Å². The van der Waals surface area contributed by atoms with E-state index in [9.17, 15) is 16.8 Å². The lowest BCUT2D eigenvalue weighted by Gasteiger charge is -2.16. The molecule has 156 valence electrons. The fourth-order valence-corrected chi connectivity index (χ4v) is 7.50. The molecule has 0 aromatic heterocycles. The lowest BCUT2D eigenvalue weighted by Crippen LogP contribution is -2.27. The van der Waals surface area contributed by atoms with Gasteiger partial charge in [-0.15, -0.1) is 0 Å². The molecule has 0 saturated carbocycles. The number of nitrogens with zero attached hydrogens (tertiary/aromatic N) is 2. The molecule has 0 radical (unpaired) electrons. The van der Waals surface area contributed by atoms with Crippen molar-refractivity contribution in [3.63, 3.8) is 0 Å². The molecule has 0 amide bonds. The van der Waals surface area contributed by atoms with E-state index in [1.165, 1.54) is 20.4 Å². The lowest BCUT2D eigenvalue weighted by atomic mass is 10.4. The van der Waals surface area contributed by atoms with Crippen molar-refractivity contribution in [3.05, 3.63) is 48.5 Å². The fourth-order valence-electron chi connectivity index (χ4n) is 3.65. The summed E-state index contributed by atoms with van der Waals surface area (Å²) in [7, 11) is -6.81. The maximum atomic E-state index is 12.6. The summed E-state index contributed by atoms with van der Waals surface area (Å²) in [5.41, 5.74) is 0. The second-order valence-corrected chi connectivity index (χ2v) is 12.3. The molecule has 2 aliphatic rings. The van der Waals surface area contributed by atoms with Gasteiger partial charge in [0.25, 0.3) is 0 Å². The van der Waals surface area contributed by atoms with Gasteiger partial charge in [0.05, 0.1) is 9.79 Å². The maximum Gasteiger partial charge on any atom is 0.243 e. The number of sulfonamides is 2. The van der Waals surface area contributed by atoms with Crippen molar-refractivity contribution in [2.45, 2.75) is 45.3 Å². The summed E-state index contributed by atoms with van der Waals surface area (Å²) in [6.07, 6.45) is 3.65. The Kier molecular flexibility index (Phi) is 6.04. The van der Waals surface area contributed by atoms with E-state index in [1.54, 1.807) is 48.5 Å². The summed E-state index contributed by atoms with van der Waals surface area (Å²) in [5.74, 6) is 0. The van der Waals surface area contributed by atoms with Crippen molar-refractivity contribution in [1.82, 2.24) is 8.61 Å². The number of hydrogen-bond donors (Lipinski definition) is 0. The summed E-state index contributed by atoms with van der Waals surface area (Å²) in [4.78, 5) is 2.44. The average Bonchev–Trinajstić information content (AvgIpc) is 3.43. The molecule has 0 N–H and O–H groups in total. The quantitative estimate of drug-likeness (QED) is 0.671. The van der Waals surface area contributed by atoms with Gasteiger partial charge in [-0.2, -0.15) is 8.61 Å². The second-order valence-electron chi connectivity index (χ2n) is 7.27. The predicted molar refractivity (Wildman–Crippen MR) is 113 cm³/mol. The minimum Gasteiger partial charge on any atom is -0.207 e. The van der Waals surface area contributed by atoms with Crippen LogP contribution >= 0.6 is 11.8 Å². The largest absolute Gasteiger partial charge is 0.243 e. The van der Waals surface area contributed by atoms with Gasteiger partial charge in [-0.05, 0) is 74.2 Å². The Morgan fingerprint density at radius 1 is 0.552 bits per heavy atom. The molecule has 2 fully saturated rings. The van der Waals surface area contributed by atoms with Gasteiger partial charge in [-0.25, -0.2) is 16.8 Å². The van der Waals surface area contributed by atoms with Crippen molar-refractivity contribution in [2.24, 2.45) is 0 Å². The first-order chi connectivity index (χ1) is 13.9. The van der Waals surface area contributed by atoms with Crippen LogP contribution in [0, 0.1) is 0 Å². The molecule has 2 aromatic rings. The Balaban J connectivity index is 1.45. The van der Waals surface area contributed by atoms with E-state index in [-0.39, 0.29) is 0 Å². The van der Waals surface area contributed by atoms with Crippen molar-refractivity contribution in [1.29, 1.82) is 0 Å². The summed E-state index contributed by atoms with van der Waals surface area (Å²) in [6.45, 7) is 2.36. The van der Waals surface area contributed by atoms with E-state index in [4.69, 9.17) is 0 Å². The SMILES string of the molecule is O=S(=O)(c1ccc(Sc2ccc(S(=O)(=O)N3CCCC3)cc2)cc1)N1CCCC1. The summed E-state index contributed by atoms with van der Waals surface area (Å²) in [6, 6.07) is 13.7. The van der Waals surface area contributed by atoms with Gasteiger partial charge < -0.3 is 0 Å². The molecule has 0 spiro atoms. The van der Waals surface area contributed by atoms with Crippen LogP contribution in [-0.4, -0.2) is 51.6 Å². The van der Waals surface area contributed by atoms with Crippen molar-refractivity contribution >= 4 is 31.8 Å². The Morgan fingerprint density at radius 3 is 1.17 bits per heavy atom. The molecule has 0 atom stereocenters. The molecule has 9 heteroatoms. The highest BCUT2D eigenvalue weighted by atomic mass is 32.2. The molecular weight excluding hydrogens is 428 g/mol. The molecule has 2 aromatic carbocycles. The first-order valence-corrected chi connectivity index (χ1v) is 13.5. The topological polar surface area (TPSA) is 74.8 Å². The van der Waals surface area contributed by atoms with Crippen LogP contribution in [-0.2, 0) is 20.0 Å². The summed E-state index contributed by atoms with van der Waals surface area (Å²) < 4.78 is 53.5. The molecule has 0 aliphatic carbocycles. The molecule has 2 heterocycles. The monoisotopic (exact) mass is 452 g/mol. The summed E-state index contributed by atoms with van der Waals surface area (Å²) >= 11 is 1.47. The van der Waals surface area contributed by atoms with Gasteiger partial charge in [0.2, 0.25) is 20.0 Å². The number of hydrogen-bond acceptors (Lipinski definition) is 5. The zero-order valence-electron chi connectivity index (χ0n) is 16.0. The maximum absolute atomic E-state index is 12.6. The van der Waals surface area contributed by atoms with Crippen molar-refractivity contribution in [2.75, 3.05) is 26.2 Å². The molecular formula is C20H24N2O4S3. The second kappa shape index (κ2) is 8.39. The highest BCUT2D eigenvalue weighted by Crippen LogP contribution is 2.31. The van der Waals surface area contributed by atoms with Crippen LogP contribution in [0.25, 0.3) is 0 Å². The van der Waals surface area contributed by atoms with Gasteiger partial charge in [0.15, 0.2) is 0 Å². The molecule has 0 unspecified atom stereocenters. The Bertz CT molecular complexity index is 966. The van der Waals surface area contributed by atoms with Crippen LogP contribution in [0.15, 0.2) is 68.1 Å². The molecule has 6 nitrogen and oxygen atoms in total. The van der Waals surface area contributed by atoms with Crippen molar-refractivity contribution < 1.29 is 16.8 Å². The van der Waals surface area contributed by atoms with Crippen LogP contribution in [0.4, 0.5) is 0 Å². The van der Waals surface area contributed by atoms with Gasteiger partial charge in [-0.1, -0.05) is 11.8 Å². The summed E-state index contributed by atoms with van der Waals surface area (Å²) in [5, 5.41) is 0. The zero-order valence-corrected chi connectivity index (χ0v) is 18.5. The third-order valence-corrected chi connectivity index (χ3v) is 10.1. The minimum atomic E-state index is -3.41. The fraction of sp³-hybridized carbons (Fsp3) is 0.400. The number of benzene rings is 2. The smallest absolute Gasteiger partial charge is 0.207 e. The first-order valence-electron chi connectivity index (χ1n) is 9.76. The zero-order chi connectivity index (χ0) is 20.5. The number of rotatable bonds is 6. The van der Waals surface area contributed by atoms with Crippen LogP contribution in [0.2, 0.25) is 0 Å². The van der Waals surface area contributed by atoms with Gasteiger partial charge in [0.1, 0.15) is 0 Å². The Hall–Kier alpha value is -1.39. The Morgan fingerprint density at radius 2 is 0.862 bits per heavy atom. The highest BCUT2D eigenvalue weighted by molar-refractivity contribution is 7.99. The van der Waals surface area contributed by atoms with E-state index < -0.39 is 20.0 Å². The highest BCUT2D eigenvalue weighted by Gasteiger charge is 2.28. The predicted octanol–water partition coefficient (Wildman–Crippen LogP) is 3.41. The standard InChI is InChI=1S/C20H24N2O4S3/c23-28(24,21-13-1-2-14-21)19-9-5-17(6-10-19)27-18-7-11-20(12-8-18)29(25,26)22-15-3-4-16-22/h5-12H,1-4,13-16H2. The third kappa shape index (κ3) is 4.39. The minimum absolute atomic E-state index is 0.316. The van der Waals surface area contributed by atoms with E-state index >= 15 is 0 Å². The van der Waals surface area contributed by atoms with E-state index in [2.05, 4.69) is 0 Å². The van der Waals surface area contributed by atoms with Gasteiger partial charge in [0, 0.05) is 36.0 Å². The average molecular weight is 453 g/mol. The van der Waals surface area contributed by atoms with E-state index in [0.717, 1.165) is 35.5 Å². The van der Waals surface area contributed by atoms with Crippen LogP contribution in [0.1, 0.15) is 25.7 Å². The molecule has 0 bridgehead atoms. The molecule has 2 aliphatic heterocycles. The van der Waals surface area contributed by atoms with Gasteiger partial charge in [-0.3, -0.25) is 0 Å². The Labute approximate surface area is 177 Å². The van der Waals surface area contributed by atoms with Crippen LogP contribution in [0.3, 0.4) is 0 Å². The molecule has 4 rings (SSSR count). The normalized spacial score (nSPS) is 19.0. The third-order valence-electron chi connectivity index (χ3n) is 5.29. The van der Waals surface area contributed by atoms with Crippen LogP contribution in [0.5, 0.6) is 0 Å². The van der Waals surface area contributed by atoms with Crippen molar-refractivity contribution in [3.8, 4) is 0 Å². The van der Waals surface area contributed by atoms with E-state index in [1.807, 2.05) is 0 Å². The molecule has 2 saturated heterocycles. The van der Waals surface area contributed by atoms with Crippen LogP contribution < -0.4 is 0 Å².